The topological polar surface area (TPSA) is 31.5 Å². The van der Waals surface area contributed by atoms with Crippen molar-refractivity contribution < 1.29 is 5.48 Å². The highest BCUT2D eigenvalue weighted by Crippen LogP contribution is 1.84. The molecule has 2 heteroatoms. The van der Waals surface area contributed by atoms with Gasteiger partial charge in [-0.3, -0.25) is 0 Å². The fourth-order valence-corrected chi connectivity index (χ4v) is 0. The van der Waals surface area contributed by atoms with Crippen molar-refractivity contribution >= 4 is 7.85 Å². The third kappa shape index (κ3) is 26500. The lowest BCUT2D eigenvalue weighted by Crippen LogP contribution is -1.67. The van der Waals surface area contributed by atoms with Gasteiger partial charge in [-0.2, -0.15) is 0 Å². The van der Waals surface area contributed by atoms with Gasteiger partial charge in [-0.15, -0.1) is 0 Å². The third-order valence-electron chi connectivity index (χ3n) is 0. The molecule has 0 atom stereocenters. The summed E-state index contributed by atoms with van der Waals surface area (Å²) in [5.74, 6) is 0.333. The maximum atomic E-state index is 5.11. The Bertz CT molecular complexity index is 11.6. The van der Waals surface area contributed by atoms with Crippen molar-refractivity contribution in [3.63, 3.8) is 0 Å². The molecule has 0 aliphatic rings. The molecule has 0 bridgehead atoms. The zero-order valence-electron chi connectivity index (χ0n) is 3.65. The predicted octanol–water partition coefficient (Wildman–Crippen LogP) is 0.158. The van der Waals surface area contributed by atoms with Crippen LogP contribution in [-0.2, 0) is 0 Å². The Hall–Kier alpha value is 0.0249. The van der Waals surface area contributed by atoms with Crippen LogP contribution in [-0.4, -0.2) is 13.3 Å². The second-order valence-electron chi connectivity index (χ2n) is 1.24. The average Bonchev–Trinajstić information content (AvgIpc) is 0.811. The van der Waals surface area contributed by atoms with Crippen LogP contribution in [0.2, 0.25) is 5.82 Å². The first-order chi connectivity index (χ1) is 1.73. The summed E-state index contributed by atoms with van der Waals surface area (Å²) in [6, 6.07) is 0. The lowest BCUT2D eigenvalue weighted by Gasteiger charge is -1.79. The Morgan fingerprint density at radius 3 is 1.40 bits per heavy atom. The van der Waals surface area contributed by atoms with E-state index in [0.29, 0.717) is 5.82 Å². The van der Waals surface area contributed by atoms with Crippen LogP contribution in [0.15, 0.2) is 0 Å². The lowest BCUT2D eigenvalue weighted by molar-refractivity contribution is 0.824. The molecule has 0 spiro atoms. The van der Waals surface area contributed by atoms with Crippen molar-refractivity contribution in [2.45, 2.75) is 19.7 Å². The second kappa shape index (κ2) is 4.02. The van der Waals surface area contributed by atoms with Gasteiger partial charge >= 0.3 is 0 Å². The number of rotatable bonds is 0. The van der Waals surface area contributed by atoms with E-state index in [1.807, 2.05) is 13.8 Å². The van der Waals surface area contributed by atoms with Gasteiger partial charge in [0.2, 0.25) is 0 Å². The van der Waals surface area contributed by atoms with E-state index in [4.69, 9.17) is 7.85 Å². The van der Waals surface area contributed by atoms with E-state index in [0.717, 1.165) is 0 Å². The molecule has 2 radical (unpaired) electrons. The summed E-state index contributed by atoms with van der Waals surface area (Å²) in [4.78, 5) is 0. The van der Waals surface area contributed by atoms with Crippen LogP contribution < -0.4 is 0 Å². The molecule has 0 unspecified atom stereocenters. The Kier molecular flexibility index (Phi) is 7.16. The number of hydrogen-bond acceptors (Lipinski definition) is 0. The normalized spacial score (nSPS) is 7.00. The summed E-state index contributed by atoms with van der Waals surface area (Å²) in [7, 11) is 5.11. The predicted molar refractivity (Wildman–Crippen MR) is 24.5 cm³/mol. The van der Waals surface area contributed by atoms with Gasteiger partial charge in [0.25, 0.3) is 0 Å². The Morgan fingerprint density at radius 1 is 1.40 bits per heavy atom. The quantitative estimate of drug-likeness (QED) is 0.365. The van der Waals surface area contributed by atoms with Crippen LogP contribution in [0.3, 0.4) is 0 Å². The molecule has 0 heterocycles. The first kappa shape index (κ1) is 8.90. The van der Waals surface area contributed by atoms with Crippen LogP contribution in [0.1, 0.15) is 13.8 Å². The van der Waals surface area contributed by atoms with Crippen molar-refractivity contribution in [1.29, 1.82) is 0 Å². The SMILES string of the molecule is O.[B]C(C)C. The molecule has 0 rings (SSSR count). The van der Waals surface area contributed by atoms with Crippen molar-refractivity contribution in [2.24, 2.45) is 0 Å². The van der Waals surface area contributed by atoms with Gasteiger partial charge in [0.05, 0.1) is 7.85 Å². The Balaban J connectivity index is 0. The lowest BCUT2D eigenvalue weighted by atomic mass is 9.93. The van der Waals surface area contributed by atoms with Crippen LogP contribution >= 0.6 is 0 Å². The van der Waals surface area contributed by atoms with E-state index in [-0.39, 0.29) is 5.48 Å². The molecule has 30 valence electrons. The minimum Gasteiger partial charge on any atom is -0.412 e. The summed E-state index contributed by atoms with van der Waals surface area (Å²) in [6.45, 7) is 3.89. The molecular formula is C3H9BO. The molecule has 0 aliphatic carbocycles. The molecule has 5 heavy (non-hydrogen) atoms. The van der Waals surface area contributed by atoms with Gasteiger partial charge in [0.15, 0.2) is 0 Å². The van der Waals surface area contributed by atoms with Gasteiger partial charge in [-0.25, -0.2) is 0 Å². The van der Waals surface area contributed by atoms with Gasteiger partial charge in [-0.05, 0) is 0 Å². The van der Waals surface area contributed by atoms with Gasteiger partial charge in [0, 0.05) is 0 Å². The second-order valence-corrected chi connectivity index (χ2v) is 1.24. The molecule has 0 saturated carbocycles. The fraction of sp³-hybridized carbons (Fsp3) is 1.00. The first-order valence-corrected chi connectivity index (χ1v) is 1.49. The third-order valence-corrected chi connectivity index (χ3v) is 0. The van der Waals surface area contributed by atoms with Gasteiger partial charge in [-0.1, -0.05) is 19.7 Å². The maximum absolute atomic E-state index is 5.11. The van der Waals surface area contributed by atoms with E-state index in [1.54, 1.807) is 0 Å². The molecule has 0 saturated heterocycles. The van der Waals surface area contributed by atoms with E-state index >= 15 is 0 Å². The van der Waals surface area contributed by atoms with Gasteiger partial charge in [0.1, 0.15) is 0 Å². The molecule has 0 fully saturated rings. The summed E-state index contributed by atoms with van der Waals surface area (Å²) in [5, 5.41) is 0. The average molecular weight is 71.9 g/mol. The Labute approximate surface area is 34.1 Å². The maximum Gasteiger partial charge on any atom is 0.0692 e. The molecule has 2 N–H and O–H groups in total. The number of hydrogen-bond donors (Lipinski definition) is 0. The highest BCUT2D eigenvalue weighted by atomic mass is 16.0. The molecule has 1 nitrogen and oxygen atoms in total. The van der Waals surface area contributed by atoms with Crippen LogP contribution in [0.25, 0.3) is 0 Å². The fourth-order valence-electron chi connectivity index (χ4n) is 0. The zero-order valence-corrected chi connectivity index (χ0v) is 3.65. The van der Waals surface area contributed by atoms with Crippen LogP contribution in [0.5, 0.6) is 0 Å². The highest BCUT2D eigenvalue weighted by Gasteiger charge is 1.68. The first-order valence-electron chi connectivity index (χ1n) is 1.49. The molecule has 0 amide bonds. The van der Waals surface area contributed by atoms with Crippen molar-refractivity contribution in [3.05, 3.63) is 0 Å². The molecular weight excluding hydrogens is 62.8 g/mol. The van der Waals surface area contributed by atoms with E-state index in [2.05, 4.69) is 0 Å². The minimum absolute atomic E-state index is 0. The summed E-state index contributed by atoms with van der Waals surface area (Å²) in [6.07, 6.45) is 0. The monoisotopic (exact) mass is 72.1 g/mol. The van der Waals surface area contributed by atoms with Crippen LogP contribution in [0, 0.1) is 0 Å². The molecule has 0 aromatic heterocycles. The van der Waals surface area contributed by atoms with E-state index < -0.39 is 0 Å². The van der Waals surface area contributed by atoms with Crippen molar-refractivity contribution in [3.8, 4) is 0 Å². The zero-order chi connectivity index (χ0) is 3.58. The van der Waals surface area contributed by atoms with Gasteiger partial charge < -0.3 is 5.48 Å². The van der Waals surface area contributed by atoms with Crippen LogP contribution in [0.4, 0.5) is 0 Å². The molecule has 0 aromatic carbocycles. The standard InChI is InChI=1S/C3H7B.H2O/c1-3(2)4;/h3H,1-2H3;1H2. The molecule has 0 aromatic rings. The highest BCUT2D eigenvalue weighted by molar-refractivity contribution is 6.10. The van der Waals surface area contributed by atoms with Crippen molar-refractivity contribution in [2.75, 3.05) is 0 Å². The van der Waals surface area contributed by atoms with E-state index in [1.165, 1.54) is 0 Å². The largest absolute Gasteiger partial charge is 0.412 e. The Morgan fingerprint density at radius 2 is 1.40 bits per heavy atom. The smallest absolute Gasteiger partial charge is 0.0692 e. The van der Waals surface area contributed by atoms with Crippen molar-refractivity contribution in [1.82, 2.24) is 0 Å². The summed E-state index contributed by atoms with van der Waals surface area (Å²) < 4.78 is 0. The van der Waals surface area contributed by atoms with E-state index in [9.17, 15) is 0 Å². The summed E-state index contributed by atoms with van der Waals surface area (Å²) in [5.41, 5.74) is 0. The minimum atomic E-state index is 0. The summed E-state index contributed by atoms with van der Waals surface area (Å²) >= 11 is 0. The molecule has 0 aliphatic heterocycles.